The number of anilines is 1. The van der Waals surface area contributed by atoms with Gasteiger partial charge in [0.15, 0.2) is 17.1 Å². The summed E-state index contributed by atoms with van der Waals surface area (Å²) in [4.78, 5) is 24.2. The number of carbonyl (C=O) groups excluding carboxylic acids is 1. The van der Waals surface area contributed by atoms with E-state index in [4.69, 9.17) is 22.3 Å². The highest BCUT2D eigenvalue weighted by Gasteiger charge is 2.28. The van der Waals surface area contributed by atoms with Crippen LogP contribution in [-0.2, 0) is 6.54 Å². The van der Waals surface area contributed by atoms with Crippen LogP contribution < -0.4 is 20.3 Å². The van der Waals surface area contributed by atoms with Gasteiger partial charge >= 0.3 is 0 Å². The van der Waals surface area contributed by atoms with Crippen LogP contribution in [0.25, 0.3) is 5.65 Å². The molecule has 1 unspecified atom stereocenters. The second-order valence-corrected chi connectivity index (χ2v) is 8.77. The van der Waals surface area contributed by atoms with Gasteiger partial charge in [-0.15, -0.1) is 0 Å². The highest BCUT2D eigenvalue weighted by molar-refractivity contribution is 6.36. The lowest BCUT2D eigenvalue weighted by molar-refractivity contribution is 0.0705. The summed E-state index contributed by atoms with van der Waals surface area (Å²) < 4.78 is 12.5. The van der Waals surface area contributed by atoms with Crippen LogP contribution in [0.3, 0.4) is 0 Å². The smallest absolute Gasteiger partial charge is 0.254 e. The van der Waals surface area contributed by atoms with Gasteiger partial charge in [-0.05, 0) is 48.1 Å². The fraction of sp³-hybridized carbons (Fsp3) is 0.280. The molecule has 1 atom stereocenters. The van der Waals surface area contributed by atoms with Gasteiger partial charge in [0.1, 0.15) is 13.7 Å². The van der Waals surface area contributed by atoms with Gasteiger partial charge in [-0.1, -0.05) is 6.07 Å². The molecule has 0 aliphatic carbocycles. The number of piperidine rings is 1. The number of amides is 1. The lowest BCUT2D eigenvalue weighted by Gasteiger charge is -2.33. The number of rotatable bonds is 5. The summed E-state index contributed by atoms with van der Waals surface area (Å²) in [6.07, 6.45) is 7.01. The molecular formula is C25H23BN6O3. The summed E-state index contributed by atoms with van der Waals surface area (Å²) >= 11 is 0. The quantitative estimate of drug-likeness (QED) is 0.451. The molecule has 9 nitrogen and oxygen atoms in total. The second kappa shape index (κ2) is 8.94. The van der Waals surface area contributed by atoms with E-state index in [1.165, 1.54) is 0 Å². The Kier molecular flexibility index (Phi) is 5.48. The number of carbonyl (C=O) groups is 1. The number of aromatic nitrogens is 4. The normalized spacial score (nSPS) is 17.0. The van der Waals surface area contributed by atoms with Gasteiger partial charge in [-0.3, -0.25) is 9.78 Å². The van der Waals surface area contributed by atoms with Crippen LogP contribution in [0.15, 0.2) is 55.0 Å². The molecule has 1 saturated heterocycles. The summed E-state index contributed by atoms with van der Waals surface area (Å²) in [6, 6.07) is 11.3. The Morgan fingerprint density at radius 2 is 2.09 bits per heavy atom. The number of hydrogen-bond donors (Lipinski definition) is 1. The van der Waals surface area contributed by atoms with Crippen LogP contribution in [0.2, 0.25) is 0 Å². The molecule has 4 aromatic rings. The maximum absolute atomic E-state index is 13.3. The number of pyridine rings is 1. The molecule has 3 aromatic heterocycles. The van der Waals surface area contributed by atoms with Crippen molar-refractivity contribution < 1.29 is 14.3 Å². The minimum absolute atomic E-state index is 0.0205. The molecule has 5 heterocycles. The minimum Gasteiger partial charge on any atom is -0.454 e. The minimum atomic E-state index is -0.0205. The van der Waals surface area contributed by atoms with Crippen LogP contribution in [-0.4, -0.2) is 58.1 Å². The average Bonchev–Trinajstić information content (AvgIpc) is 3.53. The SMILES string of the molecule is [B]c1cnn2c(NCc3cccnc3)cc(C3CCCN(C(=O)c4ccc5c(c4)OCO5)C3)nc12. The van der Waals surface area contributed by atoms with Crippen LogP contribution in [0.4, 0.5) is 5.82 Å². The Labute approximate surface area is 203 Å². The van der Waals surface area contributed by atoms with Crippen molar-refractivity contribution in [1.82, 2.24) is 24.5 Å². The molecular weight excluding hydrogens is 443 g/mol. The van der Waals surface area contributed by atoms with Crippen molar-refractivity contribution in [2.45, 2.75) is 25.3 Å². The zero-order valence-corrected chi connectivity index (χ0v) is 19.1. The van der Waals surface area contributed by atoms with E-state index in [1.807, 2.05) is 29.3 Å². The van der Waals surface area contributed by atoms with Gasteiger partial charge in [0.2, 0.25) is 6.79 Å². The molecule has 1 fully saturated rings. The molecule has 2 aliphatic heterocycles. The Hall–Kier alpha value is -4.08. The first-order chi connectivity index (χ1) is 17.2. The summed E-state index contributed by atoms with van der Waals surface area (Å²) in [5.74, 6) is 2.13. The summed E-state index contributed by atoms with van der Waals surface area (Å²) in [6.45, 7) is 2.05. The maximum atomic E-state index is 13.3. The van der Waals surface area contributed by atoms with Crippen molar-refractivity contribution in [1.29, 1.82) is 0 Å². The molecule has 0 bridgehead atoms. The molecule has 0 spiro atoms. The summed E-state index contributed by atoms with van der Waals surface area (Å²) in [5.41, 5.74) is 3.66. The molecule has 174 valence electrons. The third-order valence-electron chi connectivity index (χ3n) is 6.46. The molecule has 2 aliphatic rings. The van der Waals surface area contributed by atoms with E-state index in [2.05, 4.69) is 15.4 Å². The molecule has 1 amide bonds. The van der Waals surface area contributed by atoms with Crippen molar-refractivity contribution >= 4 is 30.7 Å². The van der Waals surface area contributed by atoms with Gasteiger partial charge < -0.3 is 19.7 Å². The number of benzene rings is 1. The molecule has 10 heteroatoms. The van der Waals surface area contributed by atoms with Gasteiger partial charge in [0, 0.05) is 55.8 Å². The number of nitrogens with one attached hydrogen (secondary N) is 1. The maximum Gasteiger partial charge on any atom is 0.254 e. The lowest BCUT2D eigenvalue weighted by atomic mass is 9.93. The highest BCUT2D eigenvalue weighted by Crippen LogP contribution is 2.34. The highest BCUT2D eigenvalue weighted by atomic mass is 16.7. The van der Waals surface area contributed by atoms with Crippen molar-refractivity contribution in [3.05, 3.63) is 71.8 Å². The number of fused-ring (bicyclic) bond motifs is 2. The average molecular weight is 466 g/mol. The second-order valence-electron chi connectivity index (χ2n) is 8.77. The van der Waals surface area contributed by atoms with Crippen LogP contribution >= 0.6 is 0 Å². The third-order valence-corrected chi connectivity index (χ3v) is 6.46. The fourth-order valence-electron chi connectivity index (χ4n) is 4.64. The standard InChI is InChI=1S/C25H23BN6O3/c26-19-13-29-32-23(28-12-16-3-1-7-27-11-16)10-20(30-24(19)32)18-4-2-8-31(14-18)25(33)17-5-6-21-22(9-17)35-15-34-21/h1,3,5-7,9-11,13,18,28H,2,4,8,12,14-15H2. The zero-order valence-electron chi connectivity index (χ0n) is 19.1. The van der Waals surface area contributed by atoms with E-state index >= 15 is 0 Å². The van der Waals surface area contributed by atoms with E-state index in [1.54, 1.807) is 35.1 Å². The summed E-state index contributed by atoms with van der Waals surface area (Å²) in [5, 5.41) is 7.83. The van der Waals surface area contributed by atoms with Gasteiger partial charge in [-0.25, -0.2) is 4.98 Å². The van der Waals surface area contributed by atoms with E-state index in [0.717, 1.165) is 29.9 Å². The molecule has 35 heavy (non-hydrogen) atoms. The van der Waals surface area contributed by atoms with Crippen molar-refractivity contribution in [2.24, 2.45) is 0 Å². The van der Waals surface area contributed by atoms with Crippen molar-refractivity contribution in [3.63, 3.8) is 0 Å². The molecule has 0 saturated carbocycles. The molecule has 1 aromatic carbocycles. The predicted octanol–water partition coefficient (Wildman–Crippen LogP) is 2.28. The Balaban J connectivity index is 1.25. The van der Waals surface area contributed by atoms with Crippen LogP contribution in [0, 0.1) is 0 Å². The van der Waals surface area contributed by atoms with Crippen LogP contribution in [0.1, 0.15) is 40.4 Å². The monoisotopic (exact) mass is 466 g/mol. The Morgan fingerprint density at radius 1 is 1.17 bits per heavy atom. The Morgan fingerprint density at radius 3 is 2.97 bits per heavy atom. The first-order valence-corrected chi connectivity index (χ1v) is 11.6. The molecule has 2 radical (unpaired) electrons. The zero-order chi connectivity index (χ0) is 23.8. The number of ether oxygens (including phenoxy) is 2. The summed E-state index contributed by atoms with van der Waals surface area (Å²) in [7, 11) is 6.18. The predicted molar refractivity (Wildman–Crippen MR) is 130 cm³/mol. The first kappa shape index (κ1) is 21.5. The van der Waals surface area contributed by atoms with Gasteiger partial charge in [0.05, 0.1) is 5.69 Å². The fourth-order valence-corrected chi connectivity index (χ4v) is 4.64. The van der Waals surface area contributed by atoms with E-state index in [9.17, 15) is 4.79 Å². The van der Waals surface area contributed by atoms with E-state index in [0.29, 0.717) is 47.8 Å². The topological polar surface area (TPSA) is 93.9 Å². The van der Waals surface area contributed by atoms with Crippen LogP contribution in [0.5, 0.6) is 11.5 Å². The van der Waals surface area contributed by atoms with E-state index in [-0.39, 0.29) is 18.6 Å². The number of hydrogen-bond acceptors (Lipinski definition) is 7. The third kappa shape index (κ3) is 4.16. The molecule has 6 rings (SSSR count). The number of likely N-dealkylation sites (tertiary alicyclic amines) is 1. The van der Waals surface area contributed by atoms with Crippen molar-refractivity contribution in [2.75, 3.05) is 25.2 Å². The number of nitrogens with zero attached hydrogens (tertiary/aromatic N) is 5. The molecule has 1 N–H and O–H groups in total. The van der Waals surface area contributed by atoms with Gasteiger partial charge in [0.25, 0.3) is 5.91 Å². The largest absolute Gasteiger partial charge is 0.454 e. The van der Waals surface area contributed by atoms with Crippen molar-refractivity contribution in [3.8, 4) is 11.5 Å². The van der Waals surface area contributed by atoms with E-state index < -0.39 is 0 Å². The van der Waals surface area contributed by atoms with Gasteiger partial charge in [-0.2, -0.15) is 9.61 Å². The first-order valence-electron chi connectivity index (χ1n) is 11.6. The lowest BCUT2D eigenvalue weighted by Crippen LogP contribution is -2.39. The Bertz CT molecular complexity index is 1390.